The van der Waals surface area contributed by atoms with Crippen LogP contribution in [0.4, 0.5) is 13.9 Å². The summed E-state index contributed by atoms with van der Waals surface area (Å²) in [5.74, 6) is -2.87. The summed E-state index contributed by atoms with van der Waals surface area (Å²) in [6.45, 7) is 0. The van der Waals surface area contributed by atoms with Crippen LogP contribution >= 0.6 is 27.5 Å². The lowest BCUT2D eigenvalue weighted by atomic mass is 10.2. The summed E-state index contributed by atoms with van der Waals surface area (Å²) in [4.78, 5) is 11.6. The van der Waals surface area contributed by atoms with Gasteiger partial charge in [0.25, 0.3) is 5.91 Å². The Morgan fingerprint density at radius 3 is 2.53 bits per heavy atom. The van der Waals surface area contributed by atoms with Gasteiger partial charge in [-0.2, -0.15) is 0 Å². The van der Waals surface area contributed by atoms with Gasteiger partial charge in [0.05, 0.1) is 0 Å². The van der Waals surface area contributed by atoms with E-state index in [-0.39, 0.29) is 9.60 Å². The molecule has 0 radical (unpaired) electrons. The van der Waals surface area contributed by atoms with Crippen molar-refractivity contribution in [2.45, 2.75) is 0 Å². The summed E-state index contributed by atoms with van der Waals surface area (Å²) in [7, 11) is 0. The van der Waals surface area contributed by atoms with E-state index in [9.17, 15) is 13.6 Å². The van der Waals surface area contributed by atoms with E-state index < -0.39 is 23.1 Å². The van der Waals surface area contributed by atoms with Gasteiger partial charge in [0.1, 0.15) is 17.2 Å². The van der Waals surface area contributed by atoms with Gasteiger partial charge >= 0.3 is 0 Å². The first-order valence-corrected chi connectivity index (χ1v) is 5.75. The fraction of sp³-hybridized carbons (Fsp3) is 0. The highest BCUT2D eigenvalue weighted by atomic mass is 79.9. The van der Waals surface area contributed by atoms with Crippen molar-refractivity contribution in [3.8, 4) is 0 Å². The maximum Gasteiger partial charge on any atom is 0.263 e. The van der Waals surface area contributed by atoms with Crippen molar-refractivity contribution in [1.82, 2.24) is 14.8 Å². The number of nitrogens with zero attached hydrogens (tertiary/aromatic N) is 3. The van der Waals surface area contributed by atoms with E-state index in [0.717, 1.165) is 23.7 Å². The number of anilines is 1. The Balaban J connectivity index is 2.31. The van der Waals surface area contributed by atoms with Crippen LogP contribution in [0.2, 0.25) is 0 Å². The first kappa shape index (κ1) is 12.0. The van der Waals surface area contributed by atoms with Crippen LogP contribution in [0.3, 0.4) is 0 Å². The van der Waals surface area contributed by atoms with Gasteiger partial charge in [-0.1, -0.05) is 25.5 Å². The first-order chi connectivity index (χ1) is 8.08. The maximum absolute atomic E-state index is 13.4. The van der Waals surface area contributed by atoms with Crippen LogP contribution in [0.25, 0.3) is 0 Å². The third-order valence-corrected chi connectivity index (χ3v) is 2.72. The molecular formula is C8H3BrF2N4OS. The molecule has 0 atom stereocenters. The van der Waals surface area contributed by atoms with E-state index in [1.165, 1.54) is 0 Å². The molecule has 9 heteroatoms. The molecule has 1 heterocycles. The Bertz CT molecular complexity index is 540. The lowest BCUT2D eigenvalue weighted by molar-refractivity contribution is 0.101. The third kappa shape index (κ3) is 2.61. The van der Waals surface area contributed by atoms with Gasteiger partial charge in [-0.3, -0.25) is 10.1 Å². The summed E-state index contributed by atoms with van der Waals surface area (Å²) in [5, 5.41) is 8.92. The van der Waals surface area contributed by atoms with Crippen LogP contribution in [-0.4, -0.2) is 20.7 Å². The summed E-state index contributed by atoms with van der Waals surface area (Å²) in [6.07, 6.45) is 0. The second kappa shape index (κ2) is 4.80. The molecule has 0 fully saturated rings. The van der Waals surface area contributed by atoms with Gasteiger partial charge in [-0.05, 0) is 17.3 Å². The Hall–Kier alpha value is -1.48. The largest absolute Gasteiger partial charge is 0.295 e. The van der Waals surface area contributed by atoms with Gasteiger partial charge in [0, 0.05) is 16.0 Å². The van der Waals surface area contributed by atoms with E-state index >= 15 is 0 Å². The van der Waals surface area contributed by atoms with Crippen LogP contribution in [0.5, 0.6) is 0 Å². The molecule has 0 saturated carbocycles. The normalized spacial score (nSPS) is 10.3. The standard InChI is InChI=1S/C8H3BrF2N4OS/c9-3-1-4(10)6(5(11)2-3)7(16)12-8-13-14-15-17-8/h1-2H,(H,12,13,15,16). The van der Waals surface area contributed by atoms with Gasteiger partial charge in [0.15, 0.2) is 0 Å². The van der Waals surface area contributed by atoms with Crippen molar-refractivity contribution < 1.29 is 13.6 Å². The summed E-state index contributed by atoms with van der Waals surface area (Å²) in [6, 6.07) is 1.99. The molecule has 0 aliphatic heterocycles. The van der Waals surface area contributed by atoms with Crippen LogP contribution < -0.4 is 5.32 Å². The minimum absolute atomic E-state index is 0.0664. The van der Waals surface area contributed by atoms with Crippen LogP contribution in [0, 0.1) is 11.6 Å². The van der Waals surface area contributed by atoms with E-state index in [2.05, 4.69) is 36.0 Å². The zero-order chi connectivity index (χ0) is 12.4. The SMILES string of the molecule is O=C(Nc1nnns1)c1c(F)cc(Br)cc1F. The number of halogens is 3. The molecule has 2 aromatic rings. The van der Waals surface area contributed by atoms with Crippen molar-refractivity contribution in [3.63, 3.8) is 0 Å². The molecule has 0 bridgehead atoms. The maximum atomic E-state index is 13.4. The van der Waals surface area contributed by atoms with Crippen molar-refractivity contribution in [2.75, 3.05) is 5.32 Å². The average Bonchev–Trinajstić information content (AvgIpc) is 2.68. The molecule has 1 N–H and O–H groups in total. The predicted octanol–water partition coefficient (Wildman–Crippen LogP) is 2.23. The smallest absolute Gasteiger partial charge is 0.263 e. The molecule has 5 nitrogen and oxygen atoms in total. The summed E-state index contributed by atoms with van der Waals surface area (Å²) in [5.41, 5.74) is -0.677. The average molecular weight is 321 g/mol. The molecule has 2 rings (SSSR count). The Morgan fingerprint density at radius 1 is 1.35 bits per heavy atom. The zero-order valence-electron chi connectivity index (χ0n) is 7.95. The molecule has 17 heavy (non-hydrogen) atoms. The number of nitrogens with one attached hydrogen (secondary N) is 1. The second-order valence-electron chi connectivity index (χ2n) is 2.87. The highest BCUT2D eigenvalue weighted by Crippen LogP contribution is 2.20. The summed E-state index contributed by atoms with van der Waals surface area (Å²) >= 11 is 3.72. The fourth-order valence-corrected chi connectivity index (χ4v) is 1.86. The van der Waals surface area contributed by atoms with Gasteiger partial charge in [0.2, 0.25) is 5.13 Å². The topological polar surface area (TPSA) is 67.8 Å². The Labute approximate surface area is 106 Å². The number of benzene rings is 1. The van der Waals surface area contributed by atoms with E-state index in [1.807, 2.05) is 0 Å². The van der Waals surface area contributed by atoms with Crippen molar-refractivity contribution in [1.29, 1.82) is 0 Å². The van der Waals surface area contributed by atoms with Crippen LogP contribution in [-0.2, 0) is 0 Å². The molecule has 1 amide bonds. The lowest BCUT2D eigenvalue weighted by Gasteiger charge is -2.04. The molecule has 0 spiro atoms. The molecule has 1 aromatic heterocycles. The number of amides is 1. The number of carbonyl (C=O) groups excluding carboxylic acids is 1. The second-order valence-corrected chi connectivity index (χ2v) is 4.51. The molecular weight excluding hydrogens is 318 g/mol. The Kier molecular flexibility index (Phi) is 3.38. The number of rotatable bonds is 2. The number of hydrogen-bond acceptors (Lipinski definition) is 5. The quantitative estimate of drug-likeness (QED) is 0.921. The van der Waals surface area contributed by atoms with Crippen molar-refractivity contribution in [3.05, 3.63) is 33.8 Å². The predicted molar refractivity (Wildman–Crippen MR) is 59.7 cm³/mol. The van der Waals surface area contributed by atoms with E-state index in [0.29, 0.717) is 0 Å². The monoisotopic (exact) mass is 320 g/mol. The van der Waals surface area contributed by atoms with Crippen LogP contribution in [0.1, 0.15) is 10.4 Å². The van der Waals surface area contributed by atoms with Gasteiger partial charge in [-0.15, -0.1) is 0 Å². The van der Waals surface area contributed by atoms with E-state index in [4.69, 9.17) is 0 Å². The molecule has 0 saturated heterocycles. The molecule has 0 aliphatic carbocycles. The van der Waals surface area contributed by atoms with Gasteiger partial charge < -0.3 is 0 Å². The minimum atomic E-state index is -0.966. The summed E-state index contributed by atoms with van der Waals surface area (Å²) < 4.78 is 30.4. The third-order valence-electron chi connectivity index (χ3n) is 1.75. The number of aromatic nitrogens is 3. The zero-order valence-corrected chi connectivity index (χ0v) is 10.3. The highest BCUT2D eigenvalue weighted by molar-refractivity contribution is 9.10. The Morgan fingerprint density at radius 2 is 2.00 bits per heavy atom. The van der Waals surface area contributed by atoms with Crippen LogP contribution in [0.15, 0.2) is 16.6 Å². The van der Waals surface area contributed by atoms with Crippen molar-refractivity contribution in [2.24, 2.45) is 0 Å². The molecule has 0 unspecified atom stereocenters. The highest BCUT2D eigenvalue weighted by Gasteiger charge is 2.19. The first-order valence-electron chi connectivity index (χ1n) is 4.19. The lowest BCUT2D eigenvalue weighted by Crippen LogP contribution is -2.15. The number of hydrogen-bond donors (Lipinski definition) is 1. The fourth-order valence-electron chi connectivity index (χ4n) is 1.10. The number of carbonyl (C=O) groups is 1. The van der Waals surface area contributed by atoms with Gasteiger partial charge in [-0.25, -0.2) is 8.78 Å². The molecule has 1 aromatic carbocycles. The molecule has 88 valence electrons. The molecule has 0 aliphatic rings. The van der Waals surface area contributed by atoms with Crippen molar-refractivity contribution >= 4 is 38.5 Å². The van der Waals surface area contributed by atoms with E-state index in [1.54, 1.807) is 0 Å². The minimum Gasteiger partial charge on any atom is -0.295 e.